The molecule has 1 saturated heterocycles. The summed E-state index contributed by atoms with van der Waals surface area (Å²) in [5.41, 5.74) is 1.98. The smallest absolute Gasteiger partial charge is 0.255 e. The Hall–Kier alpha value is -2.73. The minimum Gasteiger partial charge on any atom is -0.378 e. The van der Waals surface area contributed by atoms with Crippen LogP contribution in [0.4, 0.5) is 11.4 Å². The minimum atomic E-state index is -3.75. The Balaban J connectivity index is 1.62. The highest BCUT2D eigenvalue weighted by Crippen LogP contribution is 2.25. The van der Waals surface area contributed by atoms with E-state index in [2.05, 4.69) is 16.6 Å². The van der Waals surface area contributed by atoms with Crippen LogP contribution < -0.4 is 14.9 Å². The van der Waals surface area contributed by atoms with Gasteiger partial charge in [-0.3, -0.25) is 4.79 Å². The number of nitrogens with zero attached hydrogens (tertiary/aromatic N) is 2. The standard InChI is InChI=1S/C22H28N4O5S2/c1-4-32(28,29)23-15-17-13-14-26(16-17)33(30,31)21-11-5-18(6-12-21)22(27)24-19-7-9-20(10-8-19)25(2)3/h4-12,17,23H,1,13-16H2,2-3H3,(H,24,27). The van der Waals surface area contributed by atoms with Gasteiger partial charge in [-0.2, -0.15) is 4.31 Å². The van der Waals surface area contributed by atoms with Gasteiger partial charge >= 0.3 is 0 Å². The summed E-state index contributed by atoms with van der Waals surface area (Å²) in [6.45, 7) is 3.90. The van der Waals surface area contributed by atoms with E-state index in [1.807, 2.05) is 31.1 Å². The molecule has 1 unspecified atom stereocenters. The van der Waals surface area contributed by atoms with Crippen LogP contribution in [0, 0.1) is 5.92 Å². The fourth-order valence-corrected chi connectivity index (χ4v) is 5.57. The molecule has 1 heterocycles. The number of nitrogens with one attached hydrogen (secondary N) is 2. The lowest BCUT2D eigenvalue weighted by Crippen LogP contribution is -2.32. The molecule has 0 spiro atoms. The van der Waals surface area contributed by atoms with E-state index < -0.39 is 20.0 Å². The predicted octanol–water partition coefficient (Wildman–Crippen LogP) is 2.08. The van der Waals surface area contributed by atoms with E-state index in [-0.39, 0.29) is 29.8 Å². The molecule has 0 aromatic heterocycles. The van der Waals surface area contributed by atoms with Crippen molar-refractivity contribution in [1.29, 1.82) is 0 Å². The van der Waals surface area contributed by atoms with Gasteiger partial charge < -0.3 is 10.2 Å². The summed E-state index contributed by atoms with van der Waals surface area (Å²) in [7, 11) is -3.44. The molecule has 1 aliphatic heterocycles. The molecule has 2 aromatic rings. The highest BCUT2D eigenvalue weighted by molar-refractivity contribution is 7.92. The van der Waals surface area contributed by atoms with Crippen LogP contribution in [0.25, 0.3) is 0 Å². The molecular formula is C22H28N4O5S2. The molecule has 1 atom stereocenters. The van der Waals surface area contributed by atoms with E-state index in [4.69, 9.17) is 0 Å². The van der Waals surface area contributed by atoms with Crippen molar-refractivity contribution in [2.45, 2.75) is 11.3 Å². The summed E-state index contributed by atoms with van der Waals surface area (Å²) in [6.07, 6.45) is 0.548. The second kappa shape index (κ2) is 10.0. The molecule has 2 aromatic carbocycles. The van der Waals surface area contributed by atoms with Gasteiger partial charge in [0.15, 0.2) is 0 Å². The van der Waals surface area contributed by atoms with Crippen molar-refractivity contribution in [2.24, 2.45) is 5.92 Å². The van der Waals surface area contributed by atoms with Gasteiger partial charge in [0.1, 0.15) is 0 Å². The SMILES string of the molecule is C=CS(=O)(=O)NCC1CCN(S(=O)(=O)c2ccc(C(=O)Nc3ccc(N(C)C)cc3)cc2)C1. The number of anilines is 2. The first-order chi connectivity index (χ1) is 15.5. The van der Waals surface area contributed by atoms with Crippen LogP contribution in [-0.2, 0) is 20.0 Å². The van der Waals surface area contributed by atoms with Crippen LogP contribution in [0.1, 0.15) is 16.8 Å². The number of carbonyl (C=O) groups excluding carboxylic acids is 1. The fourth-order valence-electron chi connectivity index (χ4n) is 3.45. The molecule has 178 valence electrons. The molecule has 2 N–H and O–H groups in total. The maximum Gasteiger partial charge on any atom is 0.255 e. The second-order valence-electron chi connectivity index (χ2n) is 8.00. The highest BCUT2D eigenvalue weighted by atomic mass is 32.2. The van der Waals surface area contributed by atoms with Crippen LogP contribution in [0.3, 0.4) is 0 Å². The lowest BCUT2D eigenvalue weighted by Gasteiger charge is -2.17. The number of amides is 1. The lowest BCUT2D eigenvalue weighted by atomic mass is 10.1. The molecule has 1 fully saturated rings. The second-order valence-corrected chi connectivity index (χ2v) is 11.6. The number of benzene rings is 2. The van der Waals surface area contributed by atoms with Crippen LogP contribution in [-0.4, -0.2) is 60.8 Å². The van der Waals surface area contributed by atoms with Crippen molar-refractivity contribution < 1.29 is 21.6 Å². The van der Waals surface area contributed by atoms with Gasteiger partial charge in [0.25, 0.3) is 5.91 Å². The van der Waals surface area contributed by atoms with Crippen LogP contribution in [0.5, 0.6) is 0 Å². The zero-order valence-electron chi connectivity index (χ0n) is 18.6. The van der Waals surface area contributed by atoms with Crippen LogP contribution in [0.2, 0.25) is 0 Å². The molecule has 11 heteroatoms. The van der Waals surface area contributed by atoms with Crippen LogP contribution >= 0.6 is 0 Å². The Morgan fingerprint density at radius 3 is 2.30 bits per heavy atom. The van der Waals surface area contributed by atoms with Crippen molar-refractivity contribution in [2.75, 3.05) is 43.9 Å². The van der Waals surface area contributed by atoms with Gasteiger partial charge in [0.2, 0.25) is 20.0 Å². The Morgan fingerprint density at radius 1 is 1.09 bits per heavy atom. The van der Waals surface area contributed by atoms with Crippen molar-refractivity contribution in [3.63, 3.8) is 0 Å². The lowest BCUT2D eigenvalue weighted by molar-refractivity contribution is 0.102. The average Bonchev–Trinajstić information content (AvgIpc) is 3.28. The number of hydrogen-bond donors (Lipinski definition) is 2. The quantitative estimate of drug-likeness (QED) is 0.554. The molecule has 0 radical (unpaired) electrons. The normalized spacial score (nSPS) is 17.0. The van der Waals surface area contributed by atoms with E-state index in [9.17, 15) is 21.6 Å². The van der Waals surface area contributed by atoms with E-state index >= 15 is 0 Å². The van der Waals surface area contributed by atoms with Gasteiger partial charge in [-0.05, 0) is 60.9 Å². The minimum absolute atomic E-state index is 0.0849. The summed E-state index contributed by atoms with van der Waals surface area (Å²) in [5, 5.41) is 3.62. The van der Waals surface area contributed by atoms with Crippen LogP contribution in [0.15, 0.2) is 65.4 Å². The summed E-state index contributed by atoms with van der Waals surface area (Å²) in [4.78, 5) is 14.6. The predicted molar refractivity (Wildman–Crippen MR) is 129 cm³/mol. The molecule has 1 amide bonds. The summed E-state index contributed by atoms with van der Waals surface area (Å²) < 4.78 is 52.7. The molecule has 1 aliphatic rings. The zero-order chi connectivity index (χ0) is 24.2. The fraction of sp³-hybridized carbons (Fsp3) is 0.318. The molecule has 33 heavy (non-hydrogen) atoms. The number of hydrogen-bond acceptors (Lipinski definition) is 6. The third kappa shape index (κ3) is 6.20. The monoisotopic (exact) mass is 492 g/mol. The summed E-state index contributed by atoms with van der Waals surface area (Å²) in [6, 6.07) is 13.1. The highest BCUT2D eigenvalue weighted by Gasteiger charge is 2.32. The molecule has 3 rings (SSSR count). The zero-order valence-corrected chi connectivity index (χ0v) is 20.2. The van der Waals surface area contributed by atoms with Gasteiger partial charge in [0, 0.05) is 56.1 Å². The van der Waals surface area contributed by atoms with Crippen molar-refractivity contribution in [1.82, 2.24) is 9.03 Å². The Morgan fingerprint density at radius 2 is 1.73 bits per heavy atom. The molecular weight excluding hydrogens is 464 g/mol. The van der Waals surface area contributed by atoms with Gasteiger partial charge in [-0.15, -0.1) is 0 Å². The number of carbonyl (C=O) groups is 1. The topological polar surface area (TPSA) is 116 Å². The summed E-state index contributed by atoms with van der Waals surface area (Å²) in [5.74, 6) is -0.467. The van der Waals surface area contributed by atoms with E-state index in [0.29, 0.717) is 24.2 Å². The Labute approximate surface area is 195 Å². The van der Waals surface area contributed by atoms with E-state index in [0.717, 1.165) is 11.1 Å². The molecule has 0 aliphatic carbocycles. The average molecular weight is 493 g/mol. The van der Waals surface area contributed by atoms with E-state index in [1.54, 1.807) is 12.1 Å². The molecule has 0 bridgehead atoms. The van der Waals surface area contributed by atoms with Crippen molar-refractivity contribution >= 4 is 37.3 Å². The Kier molecular flexibility index (Phi) is 7.58. The number of rotatable bonds is 9. The first-order valence-electron chi connectivity index (χ1n) is 10.3. The van der Waals surface area contributed by atoms with Gasteiger partial charge in [0.05, 0.1) is 4.90 Å². The largest absolute Gasteiger partial charge is 0.378 e. The van der Waals surface area contributed by atoms with Gasteiger partial charge in [-0.1, -0.05) is 6.58 Å². The van der Waals surface area contributed by atoms with Gasteiger partial charge in [-0.25, -0.2) is 21.6 Å². The molecule has 9 nitrogen and oxygen atoms in total. The van der Waals surface area contributed by atoms with Crippen molar-refractivity contribution in [3.8, 4) is 0 Å². The van der Waals surface area contributed by atoms with Crippen molar-refractivity contribution in [3.05, 3.63) is 66.1 Å². The summed E-state index contributed by atoms with van der Waals surface area (Å²) >= 11 is 0. The third-order valence-electron chi connectivity index (χ3n) is 5.44. The first kappa shape index (κ1) is 24.9. The first-order valence-corrected chi connectivity index (χ1v) is 13.3. The Bertz CT molecular complexity index is 1210. The third-order valence-corrected chi connectivity index (χ3v) is 8.32. The molecule has 0 saturated carbocycles. The maximum absolute atomic E-state index is 13.0. The number of sulfonamides is 2. The van der Waals surface area contributed by atoms with E-state index in [1.165, 1.54) is 28.6 Å². The maximum atomic E-state index is 13.0.